The molecule has 0 fully saturated rings. The Morgan fingerprint density at radius 1 is 1.47 bits per heavy atom. The molecule has 2 heterocycles. The summed E-state index contributed by atoms with van der Waals surface area (Å²) in [6, 6.07) is 5.85. The van der Waals surface area contributed by atoms with E-state index in [1.165, 1.54) is 5.75 Å². The van der Waals surface area contributed by atoms with Crippen molar-refractivity contribution in [3.05, 3.63) is 24.4 Å². The number of rotatable bonds is 5. The maximum Gasteiger partial charge on any atom is 0.243 e. The van der Waals surface area contributed by atoms with Crippen LogP contribution in [0.15, 0.2) is 24.4 Å². The van der Waals surface area contributed by atoms with E-state index in [9.17, 15) is 0 Å². The third kappa shape index (κ3) is 2.62. The summed E-state index contributed by atoms with van der Waals surface area (Å²) in [7, 11) is 0. The van der Waals surface area contributed by atoms with Crippen LogP contribution in [0.5, 0.6) is 0 Å². The Balaban J connectivity index is 1.97. The molecule has 0 aliphatic heterocycles. The molecule has 2 aromatic rings. The molecule has 15 heavy (non-hydrogen) atoms. The first-order chi connectivity index (χ1) is 7.40. The molecular weight excluding hydrogens is 208 g/mol. The van der Waals surface area contributed by atoms with Crippen molar-refractivity contribution >= 4 is 23.4 Å². The molecular formula is C10H14N4S. The van der Waals surface area contributed by atoms with Crippen molar-refractivity contribution in [1.82, 2.24) is 14.6 Å². The summed E-state index contributed by atoms with van der Waals surface area (Å²) < 4.78 is 1.77. The van der Waals surface area contributed by atoms with Gasteiger partial charge in [-0.1, -0.05) is 6.07 Å². The van der Waals surface area contributed by atoms with Crippen molar-refractivity contribution in [2.24, 2.45) is 0 Å². The fraction of sp³-hybridized carbons (Fsp3) is 0.400. The predicted octanol–water partition coefficient (Wildman–Crippen LogP) is 1.89. The smallest absolute Gasteiger partial charge is 0.243 e. The molecule has 0 aromatic carbocycles. The molecule has 0 bridgehead atoms. The predicted molar refractivity (Wildman–Crippen MR) is 64.5 cm³/mol. The summed E-state index contributed by atoms with van der Waals surface area (Å²) in [5.41, 5.74) is 0.880. The fourth-order valence-corrected chi connectivity index (χ4v) is 1.76. The van der Waals surface area contributed by atoms with Gasteiger partial charge in [-0.2, -0.15) is 16.7 Å². The normalized spacial score (nSPS) is 10.7. The van der Waals surface area contributed by atoms with E-state index in [1.54, 1.807) is 4.52 Å². The van der Waals surface area contributed by atoms with Crippen molar-refractivity contribution in [1.29, 1.82) is 0 Å². The summed E-state index contributed by atoms with van der Waals surface area (Å²) in [4.78, 5) is 4.34. The average molecular weight is 222 g/mol. The molecule has 0 atom stereocenters. The third-order valence-electron chi connectivity index (χ3n) is 2.05. The summed E-state index contributed by atoms with van der Waals surface area (Å²) in [6.07, 6.45) is 5.15. The molecule has 4 nitrogen and oxygen atoms in total. The summed E-state index contributed by atoms with van der Waals surface area (Å²) in [5.74, 6) is 1.88. The maximum atomic E-state index is 4.34. The minimum absolute atomic E-state index is 0.710. The number of nitrogens with one attached hydrogen (secondary N) is 1. The highest BCUT2D eigenvalue weighted by Gasteiger charge is 2.00. The van der Waals surface area contributed by atoms with E-state index in [4.69, 9.17) is 0 Å². The first-order valence-corrected chi connectivity index (χ1v) is 6.34. The van der Waals surface area contributed by atoms with E-state index >= 15 is 0 Å². The Bertz CT molecular complexity index is 393. The lowest BCUT2D eigenvalue weighted by molar-refractivity contribution is 0.929. The average Bonchev–Trinajstić information content (AvgIpc) is 2.67. The number of fused-ring (bicyclic) bond motifs is 1. The molecule has 0 radical (unpaired) electrons. The van der Waals surface area contributed by atoms with Crippen LogP contribution in [0.3, 0.4) is 0 Å². The summed E-state index contributed by atoms with van der Waals surface area (Å²) in [5, 5.41) is 7.51. The van der Waals surface area contributed by atoms with Gasteiger partial charge in [0.25, 0.3) is 0 Å². The Kier molecular flexibility index (Phi) is 3.45. The lowest BCUT2D eigenvalue weighted by atomic mass is 10.5. The van der Waals surface area contributed by atoms with Gasteiger partial charge in [-0.05, 0) is 30.6 Å². The van der Waals surface area contributed by atoms with E-state index in [0.29, 0.717) is 5.95 Å². The van der Waals surface area contributed by atoms with Gasteiger partial charge in [-0.15, -0.1) is 5.10 Å². The zero-order valence-corrected chi connectivity index (χ0v) is 9.50. The minimum atomic E-state index is 0.710. The highest BCUT2D eigenvalue weighted by atomic mass is 32.2. The van der Waals surface area contributed by atoms with Crippen molar-refractivity contribution < 1.29 is 0 Å². The number of anilines is 1. The van der Waals surface area contributed by atoms with Gasteiger partial charge in [0.2, 0.25) is 5.95 Å². The van der Waals surface area contributed by atoms with Crippen LogP contribution in [0.25, 0.3) is 5.65 Å². The van der Waals surface area contributed by atoms with Crippen LogP contribution in [0.4, 0.5) is 5.95 Å². The largest absolute Gasteiger partial charge is 0.353 e. The number of hydrogen-bond acceptors (Lipinski definition) is 4. The summed E-state index contributed by atoms with van der Waals surface area (Å²) >= 11 is 1.86. The zero-order valence-electron chi connectivity index (χ0n) is 8.68. The molecule has 80 valence electrons. The number of pyridine rings is 1. The van der Waals surface area contributed by atoms with Gasteiger partial charge in [0.15, 0.2) is 5.65 Å². The topological polar surface area (TPSA) is 42.2 Å². The van der Waals surface area contributed by atoms with Gasteiger partial charge in [0, 0.05) is 12.7 Å². The lowest BCUT2D eigenvalue weighted by Crippen LogP contribution is -2.04. The molecule has 0 amide bonds. The Labute approximate surface area is 93.1 Å². The first-order valence-electron chi connectivity index (χ1n) is 4.94. The van der Waals surface area contributed by atoms with Crippen LogP contribution in [0, 0.1) is 0 Å². The van der Waals surface area contributed by atoms with Gasteiger partial charge in [-0.3, -0.25) is 0 Å². The number of thioether (sulfide) groups is 1. The number of hydrogen-bond donors (Lipinski definition) is 1. The van der Waals surface area contributed by atoms with Crippen LogP contribution in [0.1, 0.15) is 6.42 Å². The van der Waals surface area contributed by atoms with Crippen LogP contribution in [-0.4, -0.2) is 33.2 Å². The van der Waals surface area contributed by atoms with Gasteiger partial charge in [0.1, 0.15) is 0 Å². The molecule has 0 spiro atoms. The zero-order chi connectivity index (χ0) is 10.5. The molecule has 0 aliphatic carbocycles. The van der Waals surface area contributed by atoms with Gasteiger partial charge in [0.05, 0.1) is 0 Å². The van der Waals surface area contributed by atoms with Gasteiger partial charge in [-0.25, -0.2) is 4.52 Å². The highest BCUT2D eigenvalue weighted by molar-refractivity contribution is 7.98. The van der Waals surface area contributed by atoms with Crippen molar-refractivity contribution in [2.75, 3.05) is 23.9 Å². The number of nitrogens with zero attached hydrogens (tertiary/aromatic N) is 3. The number of aromatic nitrogens is 3. The maximum absolute atomic E-state index is 4.34. The van der Waals surface area contributed by atoms with E-state index in [2.05, 4.69) is 21.7 Å². The second kappa shape index (κ2) is 5.02. The van der Waals surface area contributed by atoms with Gasteiger partial charge >= 0.3 is 0 Å². The molecule has 0 saturated heterocycles. The quantitative estimate of drug-likeness (QED) is 0.785. The van der Waals surface area contributed by atoms with E-state index < -0.39 is 0 Å². The van der Waals surface area contributed by atoms with Crippen molar-refractivity contribution in [3.63, 3.8) is 0 Å². The highest BCUT2D eigenvalue weighted by Crippen LogP contribution is 2.04. The van der Waals surface area contributed by atoms with Crippen LogP contribution in [0.2, 0.25) is 0 Å². The van der Waals surface area contributed by atoms with Crippen molar-refractivity contribution in [2.45, 2.75) is 6.42 Å². The molecule has 0 saturated carbocycles. The fourth-order valence-electron chi connectivity index (χ4n) is 1.32. The summed E-state index contributed by atoms with van der Waals surface area (Å²) in [6.45, 7) is 0.928. The van der Waals surface area contributed by atoms with Crippen LogP contribution in [-0.2, 0) is 0 Å². The third-order valence-corrected chi connectivity index (χ3v) is 2.75. The second-order valence-electron chi connectivity index (χ2n) is 3.21. The van der Waals surface area contributed by atoms with Crippen molar-refractivity contribution in [3.8, 4) is 0 Å². The van der Waals surface area contributed by atoms with Crippen LogP contribution < -0.4 is 5.32 Å². The Hall–Kier alpha value is -1.23. The standard InChI is InChI=1S/C10H14N4S/c1-15-8-4-6-11-10-12-9-5-2-3-7-14(9)13-10/h2-3,5,7H,4,6,8H2,1H3,(H,11,13). The molecule has 0 unspecified atom stereocenters. The van der Waals surface area contributed by atoms with E-state index in [-0.39, 0.29) is 0 Å². The first kappa shape index (κ1) is 10.3. The molecule has 5 heteroatoms. The molecule has 1 N–H and O–H groups in total. The second-order valence-corrected chi connectivity index (χ2v) is 4.20. The lowest BCUT2D eigenvalue weighted by Gasteiger charge is -1.98. The SMILES string of the molecule is CSCCCNc1nc2ccccn2n1. The van der Waals surface area contributed by atoms with E-state index in [0.717, 1.165) is 18.6 Å². The van der Waals surface area contributed by atoms with Gasteiger partial charge < -0.3 is 5.32 Å². The molecule has 0 aliphatic rings. The Morgan fingerprint density at radius 3 is 3.20 bits per heavy atom. The van der Waals surface area contributed by atoms with Crippen LogP contribution >= 0.6 is 11.8 Å². The monoisotopic (exact) mass is 222 g/mol. The Morgan fingerprint density at radius 2 is 2.40 bits per heavy atom. The molecule has 2 aromatic heterocycles. The molecule has 2 rings (SSSR count). The van der Waals surface area contributed by atoms with E-state index in [1.807, 2.05) is 36.2 Å². The minimum Gasteiger partial charge on any atom is -0.353 e.